The van der Waals surface area contributed by atoms with E-state index < -0.39 is 0 Å². The number of pyridine rings is 1. The second-order valence-electron chi connectivity index (χ2n) is 7.13. The molecule has 0 aliphatic heterocycles. The van der Waals surface area contributed by atoms with Crippen molar-refractivity contribution in [1.82, 2.24) is 15.2 Å². The molecule has 1 heterocycles. The minimum absolute atomic E-state index is 0.0352. The predicted molar refractivity (Wildman–Crippen MR) is 118 cm³/mol. The lowest BCUT2D eigenvalue weighted by Gasteiger charge is -2.27. The van der Waals surface area contributed by atoms with Crippen molar-refractivity contribution in [3.8, 4) is 0 Å². The van der Waals surface area contributed by atoms with Crippen LogP contribution >= 0.6 is 12.2 Å². The molecule has 2 aromatic rings. The fourth-order valence-corrected chi connectivity index (χ4v) is 3.75. The standard InChI is InChI=1S/C21H32N4OS/c1-6-22-21(27)25(10-9-24(7-2)8-3)14-17-13-18-16(5)11-15(4)12-19(18)23-20(17)26/h11-13H,6-10,14H2,1-5H3,(H,22,27)(H,23,26)/p+1. The van der Waals surface area contributed by atoms with Crippen molar-refractivity contribution < 1.29 is 4.90 Å². The Morgan fingerprint density at radius 2 is 1.89 bits per heavy atom. The zero-order valence-corrected chi connectivity index (χ0v) is 18.1. The number of rotatable bonds is 8. The number of aryl methyl sites for hydroxylation is 2. The first kappa shape index (κ1) is 21.4. The van der Waals surface area contributed by atoms with Gasteiger partial charge in [0.05, 0.1) is 32.7 Å². The van der Waals surface area contributed by atoms with Crippen molar-refractivity contribution in [2.24, 2.45) is 0 Å². The molecule has 0 aliphatic rings. The topological polar surface area (TPSA) is 52.6 Å². The maximum absolute atomic E-state index is 12.7. The summed E-state index contributed by atoms with van der Waals surface area (Å²) in [6, 6.07) is 6.20. The van der Waals surface area contributed by atoms with Crippen LogP contribution < -0.4 is 15.8 Å². The average molecular weight is 390 g/mol. The SMILES string of the molecule is CCNC(=S)N(CC[NH+](CC)CC)Cc1cc2c(C)cc(C)cc2[nH]c1=O. The minimum Gasteiger partial charge on any atom is -0.363 e. The van der Waals surface area contributed by atoms with Gasteiger partial charge in [-0.25, -0.2) is 0 Å². The van der Waals surface area contributed by atoms with E-state index in [-0.39, 0.29) is 5.56 Å². The highest BCUT2D eigenvalue weighted by molar-refractivity contribution is 7.80. The van der Waals surface area contributed by atoms with Crippen molar-refractivity contribution in [1.29, 1.82) is 0 Å². The number of likely N-dealkylation sites (N-methyl/N-ethyl adjacent to an activating group) is 1. The number of hydrogen-bond donors (Lipinski definition) is 3. The molecule has 0 amide bonds. The van der Waals surface area contributed by atoms with E-state index in [9.17, 15) is 4.79 Å². The molecule has 0 fully saturated rings. The number of aromatic amines is 1. The number of quaternary nitrogens is 1. The van der Waals surface area contributed by atoms with Crippen molar-refractivity contribution in [3.63, 3.8) is 0 Å². The smallest absolute Gasteiger partial charge is 0.253 e. The zero-order valence-electron chi connectivity index (χ0n) is 17.2. The van der Waals surface area contributed by atoms with Gasteiger partial charge in [-0.2, -0.15) is 0 Å². The van der Waals surface area contributed by atoms with Gasteiger partial charge in [0.25, 0.3) is 5.56 Å². The summed E-state index contributed by atoms with van der Waals surface area (Å²) in [4.78, 5) is 19.4. The fourth-order valence-electron chi connectivity index (χ4n) is 3.45. The van der Waals surface area contributed by atoms with Crippen molar-refractivity contribution in [2.45, 2.75) is 41.2 Å². The Bertz CT molecular complexity index is 842. The Morgan fingerprint density at radius 1 is 1.19 bits per heavy atom. The van der Waals surface area contributed by atoms with E-state index in [1.54, 1.807) is 0 Å². The molecule has 0 bridgehead atoms. The summed E-state index contributed by atoms with van der Waals surface area (Å²) in [6.45, 7) is 15.9. The first-order valence-corrected chi connectivity index (χ1v) is 10.3. The number of H-pyrrole nitrogens is 1. The molecule has 3 N–H and O–H groups in total. The van der Waals surface area contributed by atoms with Gasteiger partial charge in [0.1, 0.15) is 0 Å². The number of thiocarbonyl (C=S) groups is 1. The number of hydrogen-bond acceptors (Lipinski definition) is 2. The molecule has 1 aromatic heterocycles. The maximum atomic E-state index is 12.7. The van der Waals surface area contributed by atoms with Gasteiger partial charge in [-0.05, 0) is 70.1 Å². The molecule has 148 valence electrons. The Morgan fingerprint density at radius 3 is 2.52 bits per heavy atom. The van der Waals surface area contributed by atoms with Crippen LogP contribution in [0.15, 0.2) is 23.0 Å². The van der Waals surface area contributed by atoms with Gasteiger partial charge in [0.2, 0.25) is 0 Å². The van der Waals surface area contributed by atoms with Crippen LogP contribution in [0.2, 0.25) is 0 Å². The third-order valence-corrected chi connectivity index (χ3v) is 5.50. The number of nitrogens with zero attached hydrogens (tertiary/aromatic N) is 1. The van der Waals surface area contributed by atoms with E-state index in [2.05, 4.69) is 42.0 Å². The Hall–Kier alpha value is -1.92. The van der Waals surface area contributed by atoms with Gasteiger partial charge in [-0.15, -0.1) is 0 Å². The van der Waals surface area contributed by atoms with E-state index in [0.717, 1.165) is 54.8 Å². The summed E-state index contributed by atoms with van der Waals surface area (Å²) >= 11 is 5.57. The Balaban J connectivity index is 2.31. The van der Waals surface area contributed by atoms with Crippen molar-refractivity contribution in [2.75, 3.05) is 32.7 Å². The van der Waals surface area contributed by atoms with E-state index in [1.165, 1.54) is 10.5 Å². The van der Waals surface area contributed by atoms with Crippen LogP contribution in [0.25, 0.3) is 10.9 Å². The summed E-state index contributed by atoms with van der Waals surface area (Å²) in [6.07, 6.45) is 0. The molecule has 27 heavy (non-hydrogen) atoms. The highest BCUT2D eigenvalue weighted by Crippen LogP contribution is 2.19. The summed E-state index contributed by atoms with van der Waals surface area (Å²) in [7, 11) is 0. The molecular weight excluding hydrogens is 356 g/mol. The fraction of sp³-hybridized carbons (Fsp3) is 0.524. The summed E-state index contributed by atoms with van der Waals surface area (Å²) in [5.74, 6) is 0. The maximum Gasteiger partial charge on any atom is 0.253 e. The van der Waals surface area contributed by atoms with Crippen LogP contribution in [-0.4, -0.2) is 47.7 Å². The largest absolute Gasteiger partial charge is 0.363 e. The average Bonchev–Trinajstić information content (AvgIpc) is 2.62. The lowest BCUT2D eigenvalue weighted by atomic mass is 10.0. The summed E-state index contributed by atoms with van der Waals surface area (Å²) < 4.78 is 0. The van der Waals surface area contributed by atoms with E-state index in [0.29, 0.717) is 11.7 Å². The number of nitrogens with one attached hydrogen (secondary N) is 3. The van der Waals surface area contributed by atoms with Gasteiger partial charge in [0, 0.05) is 23.0 Å². The van der Waals surface area contributed by atoms with Gasteiger partial charge in [-0.1, -0.05) is 6.07 Å². The van der Waals surface area contributed by atoms with Crippen LogP contribution in [0.1, 0.15) is 37.5 Å². The minimum atomic E-state index is -0.0352. The highest BCUT2D eigenvalue weighted by Gasteiger charge is 2.15. The second-order valence-corrected chi connectivity index (χ2v) is 7.52. The molecule has 0 spiro atoms. The van der Waals surface area contributed by atoms with Crippen LogP contribution in [0.3, 0.4) is 0 Å². The van der Waals surface area contributed by atoms with Crippen LogP contribution in [-0.2, 0) is 6.54 Å². The lowest BCUT2D eigenvalue weighted by Crippen LogP contribution is -3.12. The van der Waals surface area contributed by atoms with E-state index >= 15 is 0 Å². The first-order chi connectivity index (χ1) is 12.9. The first-order valence-electron chi connectivity index (χ1n) is 9.89. The molecule has 0 unspecified atom stereocenters. The van der Waals surface area contributed by atoms with E-state index in [4.69, 9.17) is 12.2 Å². The summed E-state index contributed by atoms with van der Waals surface area (Å²) in [5, 5.41) is 5.05. The molecule has 5 nitrogen and oxygen atoms in total. The third-order valence-electron chi connectivity index (χ3n) is 5.10. The molecule has 1 aromatic carbocycles. The zero-order chi connectivity index (χ0) is 20.0. The van der Waals surface area contributed by atoms with E-state index in [1.807, 2.05) is 26.0 Å². The second kappa shape index (κ2) is 9.85. The highest BCUT2D eigenvalue weighted by atomic mass is 32.1. The lowest BCUT2D eigenvalue weighted by molar-refractivity contribution is -0.895. The van der Waals surface area contributed by atoms with Crippen LogP contribution in [0.5, 0.6) is 0 Å². The molecule has 6 heteroatoms. The molecule has 2 rings (SSSR count). The van der Waals surface area contributed by atoms with Gasteiger partial charge in [-0.3, -0.25) is 4.79 Å². The quantitative estimate of drug-likeness (QED) is 0.603. The Labute approximate surface area is 167 Å². The van der Waals surface area contributed by atoms with Crippen molar-refractivity contribution in [3.05, 3.63) is 45.2 Å². The van der Waals surface area contributed by atoms with Gasteiger partial charge in [0.15, 0.2) is 5.11 Å². The molecule has 0 saturated heterocycles. The number of aromatic nitrogens is 1. The van der Waals surface area contributed by atoms with Crippen LogP contribution in [0.4, 0.5) is 0 Å². The summed E-state index contributed by atoms with van der Waals surface area (Å²) in [5.41, 5.74) is 3.95. The Kier molecular flexibility index (Phi) is 7.80. The molecule has 0 atom stereocenters. The van der Waals surface area contributed by atoms with Crippen LogP contribution in [0, 0.1) is 13.8 Å². The number of benzene rings is 1. The monoisotopic (exact) mass is 389 g/mol. The van der Waals surface area contributed by atoms with Gasteiger partial charge < -0.3 is 20.1 Å². The molecule has 0 aliphatic carbocycles. The molecule has 0 saturated carbocycles. The predicted octanol–water partition coefficient (Wildman–Crippen LogP) is 1.77. The third kappa shape index (κ3) is 5.53. The van der Waals surface area contributed by atoms with Gasteiger partial charge >= 0.3 is 0 Å². The molecule has 0 radical (unpaired) electrons. The number of fused-ring (bicyclic) bond motifs is 1. The molecular formula is C21H33N4OS+. The van der Waals surface area contributed by atoms with Crippen molar-refractivity contribution >= 4 is 28.2 Å². The normalized spacial score (nSPS) is 11.2.